The molecular formula is C14H26N4O. The smallest absolute Gasteiger partial charge is 0.161 e. The van der Waals surface area contributed by atoms with E-state index in [9.17, 15) is 0 Å². The van der Waals surface area contributed by atoms with Crippen LogP contribution in [0.25, 0.3) is 0 Å². The molecule has 0 bridgehead atoms. The fourth-order valence-corrected chi connectivity index (χ4v) is 3.11. The van der Waals surface area contributed by atoms with Gasteiger partial charge < -0.3 is 4.74 Å². The average Bonchev–Trinajstić information content (AvgIpc) is 3.05. The highest BCUT2D eigenvalue weighted by atomic mass is 16.5. The van der Waals surface area contributed by atoms with Gasteiger partial charge in [-0.2, -0.15) is 5.10 Å². The molecule has 0 amide bonds. The molecule has 5 nitrogen and oxygen atoms in total. The zero-order chi connectivity index (χ0) is 13.7. The summed E-state index contributed by atoms with van der Waals surface area (Å²) in [5.41, 5.74) is 4.06. The lowest BCUT2D eigenvalue weighted by Crippen LogP contribution is -2.31. The molecule has 1 aliphatic rings. The topological polar surface area (TPSA) is 65.1 Å². The van der Waals surface area contributed by atoms with Crippen molar-refractivity contribution in [3.63, 3.8) is 0 Å². The predicted molar refractivity (Wildman–Crippen MR) is 75.7 cm³/mol. The number of nitrogens with one attached hydrogen (secondary N) is 1. The molecule has 1 unspecified atom stereocenters. The summed E-state index contributed by atoms with van der Waals surface area (Å²) in [5, 5.41) is 4.42. The maximum absolute atomic E-state index is 5.78. The lowest BCUT2D eigenvalue weighted by Gasteiger charge is -2.22. The minimum atomic E-state index is 0.132. The van der Waals surface area contributed by atoms with Crippen molar-refractivity contribution in [1.82, 2.24) is 15.2 Å². The van der Waals surface area contributed by atoms with Gasteiger partial charge in [-0.3, -0.25) is 16.0 Å². The molecule has 5 heteroatoms. The van der Waals surface area contributed by atoms with Crippen LogP contribution in [0.3, 0.4) is 0 Å². The van der Waals surface area contributed by atoms with E-state index in [-0.39, 0.29) is 6.04 Å². The van der Waals surface area contributed by atoms with Crippen molar-refractivity contribution >= 4 is 0 Å². The lowest BCUT2D eigenvalue weighted by molar-refractivity contribution is 0.353. The van der Waals surface area contributed by atoms with Crippen molar-refractivity contribution in [2.45, 2.75) is 58.0 Å². The Morgan fingerprint density at radius 2 is 2.26 bits per heavy atom. The minimum absolute atomic E-state index is 0.132. The van der Waals surface area contributed by atoms with Crippen molar-refractivity contribution in [2.75, 3.05) is 7.11 Å². The van der Waals surface area contributed by atoms with Crippen LogP contribution < -0.4 is 16.0 Å². The first-order chi connectivity index (χ1) is 9.30. The summed E-state index contributed by atoms with van der Waals surface area (Å²) in [4.78, 5) is 0. The molecule has 3 N–H and O–H groups in total. The number of aryl methyl sites for hydroxylation is 1. The summed E-state index contributed by atoms with van der Waals surface area (Å²) in [6.45, 7) is 3.06. The van der Waals surface area contributed by atoms with Crippen LogP contribution in [0.2, 0.25) is 0 Å². The van der Waals surface area contributed by atoms with Crippen LogP contribution in [0.15, 0.2) is 6.20 Å². The van der Waals surface area contributed by atoms with Gasteiger partial charge >= 0.3 is 0 Å². The molecule has 0 saturated heterocycles. The zero-order valence-electron chi connectivity index (χ0n) is 12.1. The van der Waals surface area contributed by atoms with Crippen molar-refractivity contribution in [1.29, 1.82) is 0 Å². The number of hydrazine groups is 1. The van der Waals surface area contributed by atoms with E-state index in [4.69, 9.17) is 10.6 Å². The summed E-state index contributed by atoms with van der Waals surface area (Å²) in [6.07, 6.45) is 9.27. The van der Waals surface area contributed by atoms with Gasteiger partial charge in [0.25, 0.3) is 0 Å². The molecule has 0 spiro atoms. The maximum atomic E-state index is 5.78. The first-order valence-electron chi connectivity index (χ1n) is 7.36. The maximum Gasteiger partial charge on any atom is 0.161 e. The van der Waals surface area contributed by atoms with E-state index in [0.29, 0.717) is 0 Å². The predicted octanol–water partition coefficient (Wildman–Crippen LogP) is 2.39. The summed E-state index contributed by atoms with van der Waals surface area (Å²) in [7, 11) is 1.69. The Bertz CT molecular complexity index is 385. The number of rotatable bonds is 7. The molecule has 1 atom stereocenters. The highest BCUT2D eigenvalue weighted by Gasteiger charge is 2.25. The quantitative estimate of drug-likeness (QED) is 0.587. The summed E-state index contributed by atoms with van der Waals surface area (Å²) in [5.74, 6) is 7.40. The van der Waals surface area contributed by atoms with Gasteiger partial charge in [0.1, 0.15) is 0 Å². The molecule has 0 aliphatic heterocycles. The van der Waals surface area contributed by atoms with Gasteiger partial charge in [0.05, 0.1) is 25.0 Å². The van der Waals surface area contributed by atoms with Gasteiger partial charge in [0.15, 0.2) is 5.75 Å². The fourth-order valence-electron chi connectivity index (χ4n) is 3.11. The van der Waals surface area contributed by atoms with E-state index < -0.39 is 0 Å². The Morgan fingerprint density at radius 1 is 1.53 bits per heavy atom. The van der Waals surface area contributed by atoms with Gasteiger partial charge in [-0.15, -0.1) is 0 Å². The molecule has 0 radical (unpaired) electrons. The van der Waals surface area contributed by atoms with E-state index in [2.05, 4.69) is 17.4 Å². The number of hydrogen-bond donors (Lipinski definition) is 2. The number of methoxy groups -OCH3 is 1. The Balaban J connectivity index is 2.17. The van der Waals surface area contributed by atoms with Crippen LogP contribution in [0.4, 0.5) is 0 Å². The van der Waals surface area contributed by atoms with Gasteiger partial charge in [-0.25, -0.2) is 0 Å². The van der Waals surface area contributed by atoms with Crippen LogP contribution in [-0.2, 0) is 6.54 Å². The number of nitrogens with zero attached hydrogens (tertiary/aromatic N) is 2. The van der Waals surface area contributed by atoms with Crippen LogP contribution >= 0.6 is 0 Å². The Labute approximate surface area is 115 Å². The molecule has 1 aliphatic carbocycles. The lowest BCUT2D eigenvalue weighted by atomic mass is 9.96. The average molecular weight is 266 g/mol. The fraction of sp³-hybridized carbons (Fsp3) is 0.786. The molecule has 1 aromatic heterocycles. The molecule has 108 valence electrons. The van der Waals surface area contributed by atoms with E-state index in [1.54, 1.807) is 13.3 Å². The van der Waals surface area contributed by atoms with E-state index in [0.717, 1.165) is 36.7 Å². The third-order valence-corrected chi connectivity index (χ3v) is 4.08. The Kier molecular flexibility index (Phi) is 5.22. The second-order valence-electron chi connectivity index (χ2n) is 5.43. The molecule has 2 rings (SSSR count). The third kappa shape index (κ3) is 3.28. The van der Waals surface area contributed by atoms with Gasteiger partial charge in [-0.1, -0.05) is 32.6 Å². The molecule has 1 heterocycles. The number of aromatic nitrogens is 2. The van der Waals surface area contributed by atoms with Crippen molar-refractivity contribution in [3.8, 4) is 5.75 Å². The minimum Gasteiger partial charge on any atom is -0.493 e. The van der Waals surface area contributed by atoms with Crippen molar-refractivity contribution < 1.29 is 4.74 Å². The molecule has 1 fully saturated rings. The monoisotopic (exact) mass is 266 g/mol. The van der Waals surface area contributed by atoms with Gasteiger partial charge in [0.2, 0.25) is 0 Å². The van der Waals surface area contributed by atoms with Crippen LogP contribution in [0.5, 0.6) is 5.75 Å². The van der Waals surface area contributed by atoms with Gasteiger partial charge in [-0.05, 0) is 18.8 Å². The largest absolute Gasteiger partial charge is 0.493 e. The van der Waals surface area contributed by atoms with E-state index in [1.165, 1.54) is 25.7 Å². The van der Waals surface area contributed by atoms with Gasteiger partial charge in [0, 0.05) is 6.54 Å². The summed E-state index contributed by atoms with van der Waals surface area (Å²) >= 11 is 0. The molecule has 1 saturated carbocycles. The van der Waals surface area contributed by atoms with E-state index >= 15 is 0 Å². The van der Waals surface area contributed by atoms with Crippen LogP contribution in [0, 0.1) is 5.92 Å². The summed E-state index contributed by atoms with van der Waals surface area (Å²) < 4.78 is 7.47. The zero-order valence-corrected chi connectivity index (χ0v) is 12.1. The SMILES string of the molecule is CCCn1ncc(OC)c1C(CC1CCCC1)NN. The number of ether oxygens (including phenoxy) is 1. The Morgan fingerprint density at radius 3 is 2.84 bits per heavy atom. The van der Waals surface area contributed by atoms with Crippen molar-refractivity contribution in [2.24, 2.45) is 11.8 Å². The third-order valence-electron chi connectivity index (χ3n) is 4.08. The van der Waals surface area contributed by atoms with Crippen LogP contribution in [0.1, 0.15) is 57.2 Å². The molecule has 0 aromatic carbocycles. The van der Waals surface area contributed by atoms with E-state index in [1.807, 2.05) is 4.68 Å². The molecule has 1 aromatic rings. The van der Waals surface area contributed by atoms with Crippen molar-refractivity contribution in [3.05, 3.63) is 11.9 Å². The number of nitrogens with two attached hydrogens (primary N) is 1. The first-order valence-corrected chi connectivity index (χ1v) is 7.36. The second-order valence-corrected chi connectivity index (χ2v) is 5.43. The normalized spacial score (nSPS) is 17.8. The highest BCUT2D eigenvalue weighted by Crippen LogP contribution is 2.35. The number of hydrogen-bond acceptors (Lipinski definition) is 4. The Hall–Kier alpha value is -1.07. The first kappa shape index (κ1) is 14.3. The second kappa shape index (κ2) is 6.91. The molecule has 19 heavy (non-hydrogen) atoms. The molecular weight excluding hydrogens is 240 g/mol. The standard InChI is InChI=1S/C14H26N4O/c1-3-8-18-14(13(19-2)10-16-18)12(17-15)9-11-6-4-5-7-11/h10-12,17H,3-9,15H2,1-2H3. The highest BCUT2D eigenvalue weighted by molar-refractivity contribution is 5.28. The van der Waals surface area contributed by atoms with Crippen LogP contribution in [-0.4, -0.2) is 16.9 Å². The summed E-state index contributed by atoms with van der Waals surface area (Å²) in [6, 6.07) is 0.132.